The molecule has 1 fully saturated rings. The Morgan fingerprint density at radius 2 is 2.09 bits per heavy atom. The summed E-state index contributed by atoms with van der Waals surface area (Å²) in [5.74, 6) is 0.882. The Balaban J connectivity index is 1.66. The zero-order valence-corrected chi connectivity index (χ0v) is 14.7. The van der Waals surface area contributed by atoms with Crippen LogP contribution in [0.25, 0.3) is 10.9 Å². The molecule has 1 saturated carbocycles. The van der Waals surface area contributed by atoms with Crippen LogP contribution in [0.5, 0.6) is 0 Å². The molecule has 0 saturated heterocycles. The molecule has 1 N–H and O–H groups in total. The van der Waals surface area contributed by atoms with E-state index in [2.05, 4.69) is 31.9 Å². The van der Waals surface area contributed by atoms with Crippen LogP contribution < -0.4 is 5.32 Å². The van der Waals surface area contributed by atoms with E-state index >= 15 is 0 Å². The molecule has 0 aliphatic heterocycles. The van der Waals surface area contributed by atoms with Crippen LogP contribution in [0.2, 0.25) is 0 Å². The minimum atomic E-state index is 0.133. The van der Waals surface area contributed by atoms with Crippen LogP contribution in [0, 0.1) is 5.92 Å². The summed E-state index contributed by atoms with van der Waals surface area (Å²) in [5.41, 5.74) is 2.02. The molecule has 22 heavy (non-hydrogen) atoms. The Bertz CT molecular complexity index is 671. The van der Waals surface area contributed by atoms with E-state index in [0.717, 1.165) is 33.4 Å². The van der Waals surface area contributed by atoms with E-state index in [1.54, 1.807) is 0 Å². The second-order valence-corrected chi connectivity index (χ2v) is 7.23. The van der Waals surface area contributed by atoms with E-state index in [1.165, 1.54) is 32.1 Å². The van der Waals surface area contributed by atoms with Gasteiger partial charge in [0.05, 0.1) is 11.2 Å². The van der Waals surface area contributed by atoms with Gasteiger partial charge >= 0.3 is 0 Å². The van der Waals surface area contributed by atoms with Gasteiger partial charge in [0.2, 0.25) is 5.91 Å². The van der Waals surface area contributed by atoms with Crippen LogP contribution in [-0.2, 0) is 11.8 Å². The summed E-state index contributed by atoms with van der Waals surface area (Å²) in [6.07, 6.45) is 10.3. The highest BCUT2D eigenvalue weighted by Gasteiger charge is 2.16. The number of nitrogens with one attached hydrogen (secondary N) is 1. The normalized spacial score (nSPS) is 16.1. The lowest BCUT2D eigenvalue weighted by atomic mass is 9.86. The maximum absolute atomic E-state index is 12.3. The zero-order valence-electron chi connectivity index (χ0n) is 13.1. The first kappa shape index (κ1) is 15.6. The Kier molecular flexibility index (Phi) is 4.87. The molecule has 0 unspecified atom stereocenters. The van der Waals surface area contributed by atoms with E-state index < -0.39 is 0 Å². The molecule has 4 heteroatoms. The van der Waals surface area contributed by atoms with Crippen LogP contribution >= 0.6 is 15.9 Å². The topological polar surface area (TPSA) is 34.0 Å². The maximum Gasteiger partial charge on any atom is 0.224 e. The number of amides is 1. The molecule has 1 amide bonds. The third kappa shape index (κ3) is 3.37. The van der Waals surface area contributed by atoms with Crippen LogP contribution in [0.1, 0.15) is 44.9 Å². The molecular weight excluding hydrogens is 340 g/mol. The second-order valence-electron chi connectivity index (χ2n) is 6.38. The quantitative estimate of drug-likeness (QED) is 0.792. The third-order valence-corrected chi connectivity index (χ3v) is 5.40. The lowest BCUT2D eigenvalue weighted by molar-refractivity contribution is -0.116. The van der Waals surface area contributed by atoms with Crippen molar-refractivity contribution in [3.63, 3.8) is 0 Å². The van der Waals surface area contributed by atoms with E-state index in [-0.39, 0.29) is 5.91 Å². The summed E-state index contributed by atoms with van der Waals surface area (Å²) in [7, 11) is 2.01. The van der Waals surface area contributed by atoms with E-state index in [1.807, 2.05) is 25.4 Å². The lowest BCUT2D eigenvalue weighted by Gasteiger charge is -2.20. The van der Waals surface area contributed by atoms with Gasteiger partial charge in [-0.25, -0.2) is 0 Å². The Morgan fingerprint density at radius 1 is 1.32 bits per heavy atom. The van der Waals surface area contributed by atoms with Crippen molar-refractivity contribution in [1.29, 1.82) is 0 Å². The predicted octanol–water partition coefficient (Wildman–Crippen LogP) is 5.24. The van der Waals surface area contributed by atoms with Gasteiger partial charge in [-0.2, -0.15) is 0 Å². The average molecular weight is 363 g/mol. The van der Waals surface area contributed by atoms with Gasteiger partial charge in [0, 0.05) is 29.5 Å². The second kappa shape index (κ2) is 6.86. The van der Waals surface area contributed by atoms with Crippen molar-refractivity contribution < 1.29 is 4.79 Å². The first-order valence-corrected chi connectivity index (χ1v) is 8.98. The monoisotopic (exact) mass is 362 g/mol. The molecule has 0 bridgehead atoms. The minimum absolute atomic E-state index is 0.133. The van der Waals surface area contributed by atoms with Crippen molar-refractivity contribution in [3.05, 3.63) is 28.9 Å². The first-order valence-electron chi connectivity index (χ1n) is 8.18. The highest BCUT2D eigenvalue weighted by Crippen LogP contribution is 2.32. The molecule has 2 aromatic rings. The molecule has 0 atom stereocenters. The van der Waals surface area contributed by atoms with Crippen LogP contribution in [0.3, 0.4) is 0 Å². The molecule has 118 valence electrons. The molecule has 1 aliphatic rings. The van der Waals surface area contributed by atoms with Gasteiger partial charge in [-0.05, 0) is 24.5 Å². The molecular formula is C18H23BrN2O. The fourth-order valence-electron chi connectivity index (χ4n) is 3.52. The molecule has 0 radical (unpaired) electrons. The van der Waals surface area contributed by atoms with Crippen molar-refractivity contribution in [3.8, 4) is 0 Å². The van der Waals surface area contributed by atoms with Crippen LogP contribution in [0.4, 0.5) is 5.69 Å². The SMILES string of the molecule is Cn1cc(NC(=O)CCC2CCCCC2)c2c(Br)cccc21. The van der Waals surface area contributed by atoms with Gasteiger partial charge in [0.1, 0.15) is 0 Å². The van der Waals surface area contributed by atoms with Gasteiger partial charge in [0.25, 0.3) is 0 Å². The Hall–Kier alpha value is -1.29. The predicted molar refractivity (Wildman–Crippen MR) is 95.1 cm³/mol. The summed E-state index contributed by atoms with van der Waals surface area (Å²) in [5, 5.41) is 4.18. The Labute approximate surface area is 140 Å². The maximum atomic E-state index is 12.3. The van der Waals surface area contributed by atoms with Crippen LogP contribution in [-0.4, -0.2) is 10.5 Å². The highest BCUT2D eigenvalue weighted by molar-refractivity contribution is 9.10. The number of carbonyl (C=O) groups is 1. The van der Waals surface area contributed by atoms with Gasteiger partial charge in [-0.15, -0.1) is 0 Å². The van der Waals surface area contributed by atoms with Crippen molar-refractivity contribution in [2.75, 3.05) is 5.32 Å². The molecule has 1 aliphatic carbocycles. The number of anilines is 1. The van der Waals surface area contributed by atoms with E-state index in [4.69, 9.17) is 0 Å². The zero-order chi connectivity index (χ0) is 15.5. The smallest absolute Gasteiger partial charge is 0.224 e. The summed E-state index contributed by atoms with van der Waals surface area (Å²) >= 11 is 3.59. The minimum Gasteiger partial charge on any atom is -0.348 e. The van der Waals surface area contributed by atoms with Crippen molar-refractivity contribution in [2.45, 2.75) is 44.9 Å². The number of carbonyl (C=O) groups excluding carboxylic acids is 1. The number of aryl methyl sites for hydroxylation is 1. The van der Waals surface area contributed by atoms with Gasteiger partial charge in [0.15, 0.2) is 0 Å². The first-order chi connectivity index (χ1) is 10.6. The number of benzene rings is 1. The molecule has 1 heterocycles. The van der Waals surface area contributed by atoms with E-state index in [9.17, 15) is 4.79 Å². The van der Waals surface area contributed by atoms with Crippen molar-refractivity contribution >= 4 is 38.4 Å². The van der Waals surface area contributed by atoms with Crippen molar-refractivity contribution in [1.82, 2.24) is 4.57 Å². The summed E-state index contributed by atoms with van der Waals surface area (Å²) in [4.78, 5) is 12.3. The number of nitrogens with zero attached hydrogens (tertiary/aromatic N) is 1. The fourth-order valence-corrected chi connectivity index (χ4v) is 4.09. The van der Waals surface area contributed by atoms with E-state index in [0.29, 0.717) is 6.42 Å². The Morgan fingerprint density at radius 3 is 2.86 bits per heavy atom. The molecule has 1 aromatic heterocycles. The average Bonchev–Trinajstić information content (AvgIpc) is 2.84. The number of hydrogen-bond donors (Lipinski definition) is 1. The molecule has 3 nitrogen and oxygen atoms in total. The molecule has 0 spiro atoms. The number of aromatic nitrogens is 1. The number of halogens is 1. The van der Waals surface area contributed by atoms with Crippen LogP contribution in [0.15, 0.2) is 28.9 Å². The van der Waals surface area contributed by atoms with Gasteiger partial charge in [-0.3, -0.25) is 4.79 Å². The van der Waals surface area contributed by atoms with Gasteiger partial charge < -0.3 is 9.88 Å². The highest BCUT2D eigenvalue weighted by atomic mass is 79.9. The summed E-state index contributed by atoms with van der Waals surface area (Å²) in [6.45, 7) is 0. The summed E-state index contributed by atoms with van der Waals surface area (Å²) in [6, 6.07) is 6.10. The fraction of sp³-hybridized carbons (Fsp3) is 0.500. The number of rotatable bonds is 4. The summed E-state index contributed by atoms with van der Waals surface area (Å²) < 4.78 is 3.07. The third-order valence-electron chi connectivity index (χ3n) is 4.74. The van der Waals surface area contributed by atoms with Crippen molar-refractivity contribution in [2.24, 2.45) is 13.0 Å². The molecule has 1 aromatic carbocycles. The van der Waals surface area contributed by atoms with Gasteiger partial charge in [-0.1, -0.05) is 54.1 Å². The number of fused-ring (bicyclic) bond motifs is 1. The lowest BCUT2D eigenvalue weighted by Crippen LogP contribution is -2.14. The molecule has 3 rings (SSSR count). The largest absolute Gasteiger partial charge is 0.348 e. The standard InChI is InChI=1S/C18H23BrN2O/c1-21-12-15(18-14(19)8-5-9-16(18)21)20-17(22)11-10-13-6-3-2-4-7-13/h5,8-9,12-13H,2-4,6-7,10-11H2,1H3,(H,20,22). The number of hydrogen-bond acceptors (Lipinski definition) is 1.